The number of likely N-dealkylation sites (N-methyl/N-ethyl adjacent to an activating group) is 1. The van der Waals surface area contributed by atoms with E-state index in [1.54, 1.807) is 41.6 Å². The summed E-state index contributed by atoms with van der Waals surface area (Å²) in [4.78, 5) is 32.4. The van der Waals surface area contributed by atoms with Gasteiger partial charge in [-0.05, 0) is 26.8 Å². The largest absolute Gasteiger partial charge is 0.336 e. The van der Waals surface area contributed by atoms with Crippen molar-refractivity contribution in [2.24, 2.45) is 0 Å². The fourth-order valence-electron chi connectivity index (χ4n) is 2.81. The number of nitrogens with zero attached hydrogens (tertiary/aromatic N) is 4. The molecule has 0 unspecified atom stereocenters. The van der Waals surface area contributed by atoms with Crippen LogP contribution in [0.3, 0.4) is 0 Å². The maximum Gasteiger partial charge on any atom is 0.275 e. The molecule has 0 fully saturated rings. The second kappa shape index (κ2) is 6.76. The molecule has 2 aromatic heterocycles. The van der Waals surface area contributed by atoms with E-state index in [2.05, 4.69) is 10.1 Å². The van der Waals surface area contributed by atoms with E-state index in [1.165, 1.54) is 4.68 Å². The van der Waals surface area contributed by atoms with Gasteiger partial charge in [0.15, 0.2) is 0 Å². The van der Waals surface area contributed by atoms with E-state index in [0.29, 0.717) is 5.39 Å². The Labute approximate surface area is 149 Å². The van der Waals surface area contributed by atoms with Gasteiger partial charge in [0.1, 0.15) is 6.54 Å². The molecule has 0 saturated heterocycles. The van der Waals surface area contributed by atoms with Gasteiger partial charge in [-0.25, -0.2) is 9.67 Å². The van der Waals surface area contributed by atoms with Gasteiger partial charge in [-0.1, -0.05) is 18.2 Å². The number of benzene rings is 1. The first kappa shape index (κ1) is 17.3. The molecule has 2 heterocycles. The van der Waals surface area contributed by atoms with Crippen LogP contribution in [0.4, 0.5) is 0 Å². The summed E-state index contributed by atoms with van der Waals surface area (Å²) in [6.07, 6.45) is 1.61. The molecule has 0 bridgehead atoms. The third-order valence-electron chi connectivity index (χ3n) is 4.36. The van der Waals surface area contributed by atoms with Gasteiger partial charge in [0.25, 0.3) is 5.56 Å². The zero-order valence-corrected chi connectivity index (χ0v) is 15.5. The third kappa shape index (κ3) is 3.32. The Morgan fingerprint density at radius 2 is 2.04 bits per heavy atom. The maximum absolute atomic E-state index is 12.6. The minimum absolute atomic E-state index is 0.0906. The van der Waals surface area contributed by atoms with Crippen LogP contribution < -0.4 is 5.56 Å². The van der Waals surface area contributed by atoms with Crippen LogP contribution in [0.25, 0.3) is 10.8 Å². The number of rotatable bonds is 4. The smallest absolute Gasteiger partial charge is 0.275 e. The molecule has 1 aromatic carbocycles. The quantitative estimate of drug-likeness (QED) is 0.721. The predicted octanol–water partition coefficient (Wildman–Crippen LogP) is 2.69. The van der Waals surface area contributed by atoms with Crippen molar-refractivity contribution in [2.45, 2.75) is 33.4 Å². The second-order valence-electron chi connectivity index (χ2n) is 6.05. The van der Waals surface area contributed by atoms with Crippen LogP contribution in [0.2, 0.25) is 0 Å². The summed E-state index contributed by atoms with van der Waals surface area (Å²) < 4.78 is 1.22. The minimum Gasteiger partial charge on any atom is -0.336 e. The molecule has 0 radical (unpaired) electrons. The van der Waals surface area contributed by atoms with Crippen LogP contribution in [0.5, 0.6) is 0 Å². The van der Waals surface area contributed by atoms with E-state index in [4.69, 9.17) is 0 Å². The fourth-order valence-corrected chi connectivity index (χ4v) is 3.72. The summed E-state index contributed by atoms with van der Waals surface area (Å²) in [5, 5.41) is 6.44. The molecule has 1 amide bonds. The third-order valence-corrected chi connectivity index (χ3v) is 5.26. The topological polar surface area (TPSA) is 68.1 Å². The first-order valence-corrected chi connectivity index (χ1v) is 8.84. The molecule has 130 valence electrons. The zero-order chi connectivity index (χ0) is 18.1. The highest BCUT2D eigenvalue weighted by Gasteiger charge is 2.22. The van der Waals surface area contributed by atoms with Gasteiger partial charge >= 0.3 is 0 Å². The molecule has 0 N–H and O–H groups in total. The Hall–Kier alpha value is -2.54. The molecule has 0 saturated carbocycles. The highest BCUT2D eigenvalue weighted by Crippen LogP contribution is 2.26. The van der Waals surface area contributed by atoms with E-state index in [0.717, 1.165) is 21.0 Å². The van der Waals surface area contributed by atoms with Gasteiger partial charge in [-0.3, -0.25) is 9.59 Å². The lowest BCUT2D eigenvalue weighted by Gasteiger charge is -2.24. The fraction of sp³-hybridized carbons (Fsp3) is 0.333. The van der Waals surface area contributed by atoms with E-state index < -0.39 is 0 Å². The van der Waals surface area contributed by atoms with Crippen LogP contribution in [-0.2, 0) is 11.3 Å². The van der Waals surface area contributed by atoms with Crippen molar-refractivity contribution < 1.29 is 4.79 Å². The van der Waals surface area contributed by atoms with Crippen molar-refractivity contribution in [2.75, 3.05) is 7.05 Å². The molecule has 0 spiro atoms. The summed E-state index contributed by atoms with van der Waals surface area (Å²) in [6.45, 7) is 5.81. The summed E-state index contributed by atoms with van der Waals surface area (Å²) in [5.41, 5.74) is 0.644. The number of amides is 1. The summed E-state index contributed by atoms with van der Waals surface area (Å²) >= 11 is 1.62. The normalized spacial score (nSPS) is 12.3. The molecule has 0 aliphatic carbocycles. The number of hydrogen-bond acceptors (Lipinski definition) is 5. The number of fused-ring (bicyclic) bond motifs is 1. The van der Waals surface area contributed by atoms with Gasteiger partial charge in [0, 0.05) is 17.3 Å². The second-order valence-corrected chi connectivity index (χ2v) is 7.46. The number of aryl methyl sites for hydroxylation is 2. The Morgan fingerprint density at radius 3 is 2.72 bits per heavy atom. The van der Waals surface area contributed by atoms with E-state index >= 15 is 0 Å². The molecule has 3 aromatic rings. The highest BCUT2D eigenvalue weighted by molar-refractivity contribution is 7.11. The van der Waals surface area contributed by atoms with Crippen LogP contribution >= 0.6 is 11.3 Å². The molecule has 3 rings (SSSR count). The maximum atomic E-state index is 12.6. The van der Waals surface area contributed by atoms with Gasteiger partial charge in [0.05, 0.1) is 28.3 Å². The van der Waals surface area contributed by atoms with Gasteiger partial charge < -0.3 is 4.90 Å². The molecule has 0 aliphatic rings. The van der Waals surface area contributed by atoms with Crippen LogP contribution in [0.15, 0.2) is 35.3 Å². The van der Waals surface area contributed by atoms with Gasteiger partial charge in [0.2, 0.25) is 5.91 Å². The Balaban J connectivity index is 1.83. The van der Waals surface area contributed by atoms with Crippen LogP contribution in [0.1, 0.15) is 28.5 Å². The lowest BCUT2D eigenvalue weighted by Crippen LogP contribution is -2.36. The predicted molar refractivity (Wildman–Crippen MR) is 98.8 cm³/mol. The minimum atomic E-state index is -0.256. The number of thiazole rings is 1. The van der Waals surface area contributed by atoms with Crippen molar-refractivity contribution in [1.29, 1.82) is 0 Å². The van der Waals surface area contributed by atoms with E-state index in [1.807, 2.05) is 32.9 Å². The molecule has 1 atom stereocenters. The summed E-state index contributed by atoms with van der Waals surface area (Å²) in [6, 6.07) is 7.07. The zero-order valence-electron chi connectivity index (χ0n) is 14.7. The van der Waals surface area contributed by atoms with Crippen LogP contribution in [0, 0.1) is 13.8 Å². The molecular weight excluding hydrogens is 336 g/mol. The Morgan fingerprint density at radius 1 is 1.32 bits per heavy atom. The van der Waals surface area contributed by atoms with Crippen molar-refractivity contribution >= 4 is 28.0 Å². The summed E-state index contributed by atoms with van der Waals surface area (Å²) in [5.74, 6) is -0.178. The molecule has 25 heavy (non-hydrogen) atoms. The van der Waals surface area contributed by atoms with E-state index in [-0.39, 0.29) is 24.1 Å². The van der Waals surface area contributed by atoms with Crippen LogP contribution in [-0.4, -0.2) is 32.6 Å². The van der Waals surface area contributed by atoms with Crippen molar-refractivity contribution in [3.05, 3.63) is 56.4 Å². The number of carbonyl (C=O) groups excluding carboxylic acids is 1. The molecule has 0 aliphatic heterocycles. The van der Waals surface area contributed by atoms with Crippen molar-refractivity contribution in [1.82, 2.24) is 19.7 Å². The van der Waals surface area contributed by atoms with Crippen molar-refractivity contribution in [3.63, 3.8) is 0 Å². The Kier molecular flexibility index (Phi) is 4.67. The number of carbonyl (C=O) groups is 1. The SMILES string of the molecule is Cc1nc([C@@H](C)N(C)C(=O)Cn2ncc3ccccc3c2=O)c(C)s1. The van der Waals surface area contributed by atoms with Crippen molar-refractivity contribution in [3.8, 4) is 0 Å². The number of hydrogen-bond donors (Lipinski definition) is 0. The molecule has 7 heteroatoms. The Bertz CT molecular complexity index is 992. The molecular formula is C18H20N4O2S. The first-order valence-electron chi connectivity index (χ1n) is 8.03. The highest BCUT2D eigenvalue weighted by atomic mass is 32.1. The first-order chi connectivity index (χ1) is 11.9. The lowest BCUT2D eigenvalue weighted by atomic mass is 10.2. The number of aromatic nitrogens is 3. The van der Waals surface area contributed by atoms with Gasteiger partial charge in [-0.15, -0.1) is 11.3 Å². The standard InChI is InChI=1S/C18H20N4O2S/c1-11(17-12(2)25-13(3)20-17)21(4)16(23)10-22-18(24)15-8-6-5-7-14(15)9-19-22/h5-9,11H,10H2,1-4H3/t11-/m1/s1. The summed E-state index contributed by atoms with van der Waals surface area (Å²) in [7, 11) is 1.73. The van der Waals surface area contributed by atoms with E-state index in [9.17, 15) is 9.59 Å². The monoisotopic (exact) mass is 356 g/mol. The molecule has 6 nitrogen and oxygen atoms in total. The van der Waals surface area contributed by atoms with Gasteiger partial charge in [-0.2, -0.15) is 5.10 Å². The lowest BCUT2D eigenvalue weighted by molar-refractivity contribution is -0.132. The average Bonchev–Trinajstić information content (AvgIpc) is 2.94. The average molecular weight is 356 g/mol.